The predicted molar refractivity (Wildman–Crippen MR) is 49.9 cm³/mol. The molecule has 0 aromatic heterocycles. The van der Waals surface area contributed by atoms with E-state index < -0.39 is 0 Å². The fourth-order valence-electron chi connectivity index (χ4n) is 0.856. The van der Waals surface area contributed by atoms with Crippen molar-refractivity contribution < 1.29 is 9.53 Å². The minimum absolute atomic E-state index is 0.0984. The molecule has 0 aromatic rings. The van der Waals surface area contributed by atoms with Gasteiger partial charge in [0.2, 0.25) is 0 Å². The van der Waals surface area contributed by atoms with Crippen molar-refractivity contribution in [1.29, 1.82) is 0 Å². The Balaban J connectivity index is 3.00. The molecule has 0 aliphatic heterocycles. The van der Waals surface area contributed by atoms with Gasteiger partial charge in [0.05, 0.1) is 6.61 Å². The molecule has 0 N–H and O–H groups in total. The summed E-state index contributed by atoms with van der Waals surface area (Å²) in [5, 5.41) is 0. The van der Waals surface area contributed by atoms with Gasteiger partial charge in [-0.2, -0.15) is 0 Å². The zero-order valence-electron chi connectivity index (χ0n) is 7.84. The summed E-state index contributed by atoms with van der Waals surface area (Å²) in [6.07, 6.45) is 6.68. The van der Waals surface area contributed by atoms with Crippen LogP contribution in [-0.4, -0.2) is 12.6 Å². The van der Waals surface area contributed by atoms with E-state index in [-0.39, 0.29) is 5.97 Å². The first-order chi connectivity index (χ1) is 5.81. The van der Waals surface area contributed by atoms with E-state index in [4.69, 9.17) is 4.74 Å². The lowest BCUT2D eigenvalue weighted by atomic mass is 10.2. The molecule has 0 fully saturated rings. The molecule has 0 amide bonds. The predicted octanol–water partition coefficient (Wildman–Crippen LogP) is 2.69. The highest BCUT2D eigenvalue weighted by Gasteiger charge is 1.96. The topological polar surface area (TPSA) is 26.3 Å². The summed E-state index contributed by atoms with van der Waals surface area (Å²) in [6, 6.07) is 0. The Hall–Kier alpha value is -0.790. The normalized spacial score (nSPS) is 9.42. The quantitative estimate of drug-likeness (QED) is 0.333. The molecular formula is C10H18O2. The lowest BCUT2D eigenvalue weighted by Gasteiger charge is -2.01. The van der Waals surface area contributed by atoms with Crippen molar-refractivity contribution in [3.05, 3.63) is 12.7 Å². The molecule has 0 rings (SSSR count). The SMILES string of the molecule is C=CCCCCCOC(=O)CC. The molecule has 12 heavy (non-hydrogen) atoms. The minimum atomic E-state index is -0.0984. The van der Waals surface area contributed by atoms with E-state index in [2.05, 4.69) is 6.58 Å². The fourth-order valence-corrected chi connectivity index (χ4v) is 0.856. The van der Waals surface area contributed by atoms with Gasteiger partial charge < -0.3 is 4.74 Å². The standard InChI is InChI=1S/C10H18O2/c1-3-5-6-7-8-9-12-10(11)4-2/h3H,1,4-9H2,2H3. The van der Waals surface area contributed by atoms with Crippen molar-refractivity contribution >= 4 is 5.97 Å². The number of hydrogen-bond acceptors (Lipinski definition) is 2. The third kappa shape index (κ3) is 7.32. The van der Waals surface area contributed by atoms with Gasteiger partial charge in [-0.05, 0) is 25.7 Å². The zero-order valence-corrected chi connectivity index (χ0v) is 7.84. The third-order valence-corrected chi connectivity index (χ3v) is 1.60. The lowest BCUT2D eigenvalue weighted by Crippen LogP contribution is -2.03. The Labute approximate surface area is 74.6 Å². The molecule has 0 heterocycles. The van der Waals surface area contributed by atoms with Crippen molar-refractivity contribution in [1.82, 2.24) is 0 Å². The molecule has 2 heteroatoms. The van der Waals surface area contributed by atoms with Crippen LogP contribution in [0.15, 0.2) is 12.7 Å². The van der Waals surface area contributed by atoms with Crippen LogP contribution in [0.4, 0.5) is 0 Å². The number of hydrogen-bond donors (Lipinski definition) is 0. The number of esters is 1. The zero-order chi connectivity index (χ0) is 9.23. The van der Waals surface area contributed by atoms with E-state index >= 15 is 0 Å². The Morgan fingerprint density at radius 1 is 1.42 bits per heavy atom. The summed E-state index contributed by atoms with van der Waals surface area (Å²) < 4.78 is 4.91. The summed E-state index contributed by atoms with van der Waals surface area (Å²) in [4.78, 5) is 10.7. The van der Waals surface area contributed by atoms with Gasteiger partial charge in [0, 0.05) is 6.42 Å². The molecular weight excluding hydrogens is 152 g/mol. The van der Waals surface area contributed by atoms with Gasteiger partial charge in [-0.3, -0.25) is 4.79 Å². The summed E-state index contributed by atoms with van der Waals surface area (Å²) in [5.41, 5.74) is 0. The van der Waals surface area contributed by atoms with Gasteiger partial charge in [-0.15, -0.1) is 6.58 Å². The van der Waals surface area contributed by atoms with Crippen LogP contribution in [0.2, 0.25) is 0 Å². The molecule has 0 saturated carbocycles. The van der Waals surface area contributed by atoms with Crippen LogP contribution < -0.4 is 0 Å². The average Bonchev–Trinajstić information content (AvgIpc) is 2.10. The Morgan fingerprint density at radius 3 is 2.75 bits per heavy atom. The van der Waals surface area contributed by atoms with Gasteiger partial charge in [0.1, 0.15) is 0 Å². The van der Waals surface area contributed by atoms with Crippen LogP contribution in [0.25, 0.3) is 0 Å². The van der Waals surface area contributed by atoms with Gasteiger partial charge in [0.25, 0.3) is 0 Å². The first-order valence-electron chi connectivity index (χ1n) is 4.57. The van der Waals surface area contributed by atoms with Crippen molar-refractivity contribution in [3.63, 3.8) is 0 Å². The van der Waals surface area contributed by atoms with Gasteiger partial charge in [-0.25, -0.2) is 0 Å². The van der Waals surface area contributed by atoms with Crippen LogP contribution >= 0.6 is 0 Å². The van der Waals surface area contributed by atoms with Crippen molar-refractivity contribution in [3.8, 4) is 0 Å². The van der Waals surface area contributed by atoms with E-state index in [0.29, 0.717) is 13.0 Å². The second kappa shape index (κ2) is 8.31. The number of unbranched alkanes of at least 4 members (excludes halogenated alkanes) is 3. The van der Waals surface area contributed by atoms with Gasteiger partial charge >= 0.3 is 5.97 Å². The van der Waals surface area contributed by atoms with Gasteiger partial charge in [-0.1, -0.05) is 13.0 Å². The monoisotopic (exact) mass is 170 g/mol. The number of rotatable bonds is 7. The van der Waals surface area contributed by atoms with E-state index in [1.807, 2.05) is 6.08 Å². The minimum Gasteiger partial charge on any atom is -0.466 e. The Bertz CT molecular complexity index is 130. The van der Waals surface area contributed by atoms with E-state index in [1.165, 1.54) is 0 Å². The van der Waals surface area contributed by atoms with Crippen LogP contribution in [-0.2, 0) is 9.53 Å². The maximum Gasteiger partial charge on any atom is 0.305 e. The molecule has 70 valence electrons. The Kier molecular flexibility index (Phi) is 7.76. The van der Waals surface area contributed by atoms with Crippen molar-refractivity contribution in [2.45, 2.75) is 39.0 Å². The summed E-state index contributed by atoms with van der Waals surface area (Å²) >= 11 is 0. The highest BCUT2D eigenvalue weighted by Crippen LogP contribution is 2.00. The highest BCUT2D eigenvalue weighted by molar-refractivity contribution is 5.68. The van der Waals surface area contributed by atoms with Gasteiger partial charge in [0.15, 0.2) is 0 Å². The molecule has 0 spiro atoms. The molecule has 2 nitrogen and oxygen atoms in total. The number of ether oxygens (including phenoxy) is 1. The molecule has 0 bridgehead atoms. The summed E-state index contributed by atoms with van der Waals surface area (Å²) in [6.45, 7) is 6.01. The van der Waals surface area contributed by atoms with Crippen LogP contribution in [0.1, 0.15) is 39.0 Å². The molecule has 0 saturated heterocycles. The van der Waals surface area contributed by atoms with Crippen molar-refractivity contribution in [2.24, 2.45) is 0 Å². The van der Waals surface area contributed by atoms with Crippen molar-refractivity contribution in [2.75, 3.05) is 6.61 Å². The van der Waals surface area contributed by atoms with E-state index in [0.717, 1.165) is 25.7 Å². The highest BCUT2D eigenvalue weighted by atomic mass is 16.5. The average molecular weight is 170 g/mol. The summed E-state index contributed by atoms with van der Waals surface area (Å²) in [7, 11) is 0. The Morgan fingerprint density at radius 2 is 2.17 bits per heavy atom. The molecule has 0 aliphatic carbocycles. The summed E-state index contributed by atoms with van der Waals surface area (Å²) in [5.74, 6) is -0.0984. The second-order valence-corrected chi connectivity index (χ2v) is 2.71. The first-order valence-corrected chi connectivity index (χ1v) is 4.57. The maximum atomic E-state index is 10.7. The lowest BCUT2D eigenvalue weighted by molar-refractivity contribution is -0.143. The maximum absolute atomic E-state index is 10.7. The first kappa shape index (κ1) is 11.2. The van der Waals surface area contributed by atoms with Crippen LogP contribution in [0.5, 0.6) is 0 Å². The van der Waals surface area contributed by atoms with Crippen LogP contribution in [0.3, 0.4) is 0 Å². The molecule has 0 aromatic carbocycles. The number of carbonyl (C=O) groups is 1. The second-order valence-electron chi connectivity index (χ2n) is 2.71. The van der Waals surface area contributed by atoms with E-state index in [1.54, 1.807) is 6.92 Å². The van der Waals surface area contributed by atoms with E-state index in [9.17, 15) is 4.79 Å². The molecule has 0 aliphatic rings. The number of carbonyl (C=O) groups excluding carboxylic acids is 1. The fraction of sp³-hybridized carbons (Fsp3) is 0.700. The third-order valence-electron chi connectivity index (χ3n) is 1.60. The van der Waals surface area contributed by atoms with Crippen LogP contribution in [0, 0.1) is 0 Å². The molecule has 0 radical (unpaired) electrons. The number of allylic oxidation sites excluding steroid dienone is 1. The largest absolute Gasteiger partial charge is 0.466 e. The molecule has 0 unspecified atom stereocenters. The molecule has 0 atom stereocenters. The smallest absolute Gasteiger partial charge is 0.305 e.